The summed E-state index contributed by atoms with van der Waals surface area (Å²) < 4.78 is 32.7. The minimum Gasteiger partial charge on any atom is -0.485 e. The summed E-state index contributed by atoms with van der Waals surface area (Å²) in [5, 5.41) is -0.304. The smallest absolute Gasteiger partial charge is 0.166 e. The summed E-state index contributed by atoms with van der Waals surface area (Å²) in [5.74, 6) is -0.944. The van der Waals surface area contributed by atoms with Gasteiger partial charge in [0, 0.05) is 16.2 Å². The molecule has 1 heterocycles. The van der Waals surface area contributed by atoms with Crippen LogP contribution in [0.4, 0.5) is 14.6 Å². The van der Waals surface area contributed by atoms with Gasteiger partial charge in [0.05, 0.1) is 5.02 Å². The van der Waals surface area contributed by atoms with Crippen LogP contribution in [0.1, 0.15) is 5.56 Å². The summed E-state index contributed by atoms with van der Waals surface area (Å²) in [6, 6.07) is 3.52. The van der Waals surface area contributed by atoms with Crippen molar-refractivity contribution in [3.63, 3.8) is 0 Å². The largest absolute Gasteiger partial charge is 0.485 e. The number of rotatable bonds is 3. The maximum atomic E-state index is 13.5. The number of aromatic nitrogens is 1. The van der Waals surface area contributed by atoms with E-state index in [0.717, 1.165) is 12.1 Å². The van der Waals surface area contributed by atoms with E-state index in [1.54, 1.807) is 6.07 Å². The lowest BCUT2D eigenvalue weighted by Gasteiger charge is -2.10. The minimum absolute atomic E-state index is 0.0685. The van der Waals surface area contributed by atoms with Gasteiger partial charge in [-0.15, -0.1) is 0 Å². The van der Waals surface area contributed by atoms with Crippen molar-refractivity contribution in [2.75, 3.05) is 5.73 Å². The highest BCUT2D eigenvalue weighted by atomic mass is 79.9. The number of nitrogens with zero attached hydrogens (tertiary/aromatic N) is 1. The molecule has 0 radical (unpaired) electrons. The monoisotopic (exact) mass is 348 g/mol. The first-order valence-electron chi connectivity index (χ1n) is 5.15. The van der Waals surface area contributed by atoms with E-state index in [-0.39, 0.29) is 28.8 Å². The standard InChI is InChI=1S/C12H8BrClF2N2O/c13-6-3-10(12(17)18-4-6)19-5-7-8(15)1-2-9(16)11(7)14/h1-4H,5H2,(H2,17,18). The lowest BCUT2D eigenvalue weighted by Crippen LogP contribution is -2.03. The Labute approximate surface area is 121 Å². The normalized spacial score (nSPS) is 10.5. The van der Waals surface area contributed by atoms with Crippen molar-refractivity contribution >= 4 is 33.3 Å². The highest BCUT2D eigenvalue weighted by Gasteiger charge is 2.13. The zero-order chi connectivity index (χ0) is 14.0. The van der Waals surface area contributed by atoms with Gasteiger partial charge in [-0.1, -0.05) is 11.6 Å². The molecule has 2 aromatic rings. The van der Waals surface area contributed by atoms with E-state index >= 15 is 0 Å². The number of pyridine rings is 1. The molecule has 0 bridgehead atoms. The van der Waals surface area contributed by atoms with E-state index in [0.29, 0.717) is 4.47 Å². The lowest BCUT2D eigenvalue weighted by atomic mass is 10.2. The van der Waals surface area contributed by atoms with Crippen LogP contribution in [-0.4, -0.2) is 4.98 Å². The molecule has 0 atom stereocenters. The Morgan fingerprint density at radius 3 is 2.74 bits per heavy atom. The predicted octanol–water partition coefficient (Wildman–Crippen LogP) is 3.94. The van der Waals surface area contributed by atoms with Crippen LogP contribution in [0.3, 0.4) is 0 Å². The molecule has 0 saturated heterocycles. The molecule has 100 valence electrons. The summed E-state index contributed by atoms with van der Waals surface area (Å²) in [4.78, 5) is 3.86. The molecule has 3 nitrogen and oxygen atoms in total. The SMILES string of the molecule is Nc1ncc(Br)cc1OCc1c(F)ccc(F)c1Cl. The topological polar surface area (TPSA) is 48.1 Å². The van der Waals surface area contributed by atoms with E-state index in [1.807, 2.05) is 0 Å². The fraction of sp³-hybridized carbons (Fsp3) is 0.0833. The number of halogens is 4. The summed E-state index contributed by atoms with van der Waals surface area (Å²) in [5.41, 5.74) is 5.53. The van der Waals surface area contributed by atoms with Gasteiger partial charge in [-0.2, -0.15) is 0 Å². The highest BCUT2D eigenvalue weighted by molar-refractivity contribution is 9.10. The molecule has 2 N–H and O–H groups in total. The highest BCUT2D eigenvalue weighted by Crippen LogP contribution is 2.27. The van der Waals surface area contributed by atoms with Crippen LogP contribution in [0.5, 0.6) is 5.75 Å². The molecule has 1 aromatic heterocycles. The molecule has 0 unspecified atom stereocenters. The molecule has 0 aliphatic carbocycles. The molecular formula is C12H8BrClF2N2O. The van der Waals surface area contributed by atoms with Crippen LogP contribution < -0.4 is 10.5 Å². The Morgan fingerprint density at radius 1 is 1.32 bits per heavy atom. The zero-order valence-electron chi connectivity index (χ0n) is 9.46. The molecule has 19 heavy (non-hydrogen) atoms. The second kappa shape index (κ2) is 5.71. The molecule has 0 spiro atoms. The maximum Gasteiger partial charge on any atom is 0.166 e. The second-order valence-corrected chi connectivity index (χ2v) is 4.94. The van der Waals surface area contributed by atoms with Crippen LogP contribution in [0.2, 0.25) is 5.02 Å². The summed E-state index contributed by atoms with van der Waals surface area (Å²) in [6.45, 7) is -0.245. The molecule has 0 saturated carbocycles. The Balaban J connectivity index is 2.24. The third kappa shape index (κ3) is 3.13. The fourth-order valence-electron chi connectivity index (χ4n) is 1.40. The molecule has 0 aliphatic rings. The Morgan fingerprint density at radius 2 is 2.00 bits per heavy atom. The van der Waals surface area contributed by atoms with Crippen molar-refractivity contribution in [2.24, 2.45) is 0 Å². The molecule has 0 aliphatic heterocycles. The van der Waals surface area contributed by atoms with Crippen LogP contribution in [0, 0.1) is 11.6 Å². The molecular weight excluding hydrogens is 341 g/mol. The van der Waals surface area contributed by atoms with Gasteiger partial charge in [-0.3, -0.25) is 0 Å². The maximum absolute atomic E-state index is 13.5. The fourth-order valence-corrected chi connectivity index (χ4v) is 1.92. The van der Waals surface area contributed by atoms with Gasteiger partial charge in [-0.05, 0) is 34.1 Å². The first kappa shape index (κ1) is 14.0. The van der Waals surface area contributed by atoms with Crippen LogP contribution in [-0.2, 0) is 6.61 Å². The first-order valence-corrected chi connectivity index (χ1v) is 6.32. The van der Waals surface area contributed by atoms with Crippen LogP contribution in [0.15, 0.2) is 28.9 Å². The van der Waals surface area contributed by atoms with Gasteiger partial charge in [0.15, 0.2) is 11.6 Å². The second-order valence-electron chi connectivity index (χ2n) is 3.65. The molecule has 0 fully saturated rings. The molecule has 0 amide bonds. The van der Waals surface area contributed by atoms with E-state index in [4.69, 9.17) is 22.1 Å². The quantitative estimate of drug-likeness (QED) is 0.854. The number of ether oxygens (including phenoxy) is 1. The van der Waals surface area contributed by atoms with Crippen molar-refractivity contribution in [3.8, 4) is 5.75 Å². The van der Waals surface area contributed by atoms with Gasteiger partial charge < -0.3 is 10.5 Å². The van der Waals surface area contributed by atoms with Crippen molar-refractivity contribution in [1.29, 1.82) is 0 Å². The number of hydrogen-bond acceptors (Lipinski definition) is 3. The summed E-state index contributed by atoms with van der Waals surface area (Å²) >= 11 is 8.89. The Kier molecular flexibility index (Phi) is 4.21. The first-order chi connectivity index (χ1) is 8.99. The van der Waals surface area contributed by atoms with Crippen LogP contribution >= 0.6 is 27.5 Å². The van der Waals surface area contributed by atoms with Gasteiger partial charge in [-0.25, -0.2) is 13.8 Å². The van der Waals surface area contributed by atoms with E-state index in [1.165, 1.54) is 6.20 Å². The number of nitrogen functional groups attached to an aromatic ring is 1. The minimum atomic E-state index is -0.706. The third-order valence-electron chi connectivity index (χ3n) is 2.36. The van der Waals surface area contributed by atoms with Gasteiger partial charge in [0.25, 0.3) is 0 Å². The lowest BCUT2D eigenvalue weighted by molar-refractivity contribution is 0.299. The zero-order valence-corrected chi connectivity index (χ0v) is 11.8. The summed E-state index contributed by atoms with van der Waals surface area (Å²) in [7, 11) is 0. The predicted molar refractivity (Wildman–Crippen MR) is 72.0 cm³/mol. The average molecular weight is 350 g/mol. The third-order valence-corrected chi connectivity index (χ3v) is 3.20. The number of nitrogens with two attached hydrogens (primary N) is 1. The van der Waals surface area contributed by atoms with Crippen molar-refractivity contribution in [1.82, 2.24) is 4.98 Å². The van der Waals surface area contributed by atoms with Gasteiger partial charge >= 0.3 is 0 Å². The molecule has 7 heteroatoms. The van der Waals surface area contributed by atoms with Crippen molar-refractivity contribution < 1.29 is 13.5 Å². The number of anilines is 1. The number of benzene rings is 1. The van der Waals surface area contributed by atoms with Crippen molar-refractivity contribution in [2.45, 2.75) is 6.61 Å². The Hall–Kier alpha value is -1.40. The summed E-state index contributed by atoms with van der Waals surface area (Å²) in [6.07, 6.45) is 1.50. The van der Waals surface area contributed by atoms with Gasteiger partial charge in [0.2, 0.25) is 0 Å². The molecule has 1 aromatic carbocycles. The average Bonchev–Trinajstić information content (AvgIpc) is 2.38. The van der Waals surface area contributed by atoms with Gasteiger partial charge in [0.1, 0.15) is 18.2 Å². The Bertz CT molecular complexity index is 625. The number of hydrogen-bond donors (Lipinski definition) is 1. The van der Waals surface area contributed by atoms with Crippen LogP contribution in [0.25, 0.3) is 0 Å². The molecule has 2 rings (SSSR count). The van der Waals surface area contributed by atoms with Crippen molar-refractivity contribution in [3.05, 3.63) is 51.1 Å². The van der Waals surface area contributed by atoms with E-state index in [9.17, 15) is 8.78 Å². The van der Waals surface area contributed by atoms with E-state index in [2.05, 4.69) is 20.9 Å². The van der Waals surface area contributed by atoms with E-state index < -0.39 is 11.6 Å².